The number of ether oxygens (including phenoxy) is 1. The van der Waals surface area contributed by atoms with E-state index in [2.05, 4.69) is 14.7 Å². The van der Waals surface area contributed by atoms with Crippen LogP contribution in [0.5, 0.6) is 0 Å². The molecule has 0 aromatic carbocycles. The minimum atomic E-state index is -0.598. The van der Waals surface area contributed by atoms with Crippen molar-refractivity contribution in [2.75, 3.05) is 12.9 Å². The van der Waals surface area contributed by atoms with Crippen LogP contribution >= 0.6 is 23.1 Å². The second kappa shape index (κ2) is 6.87. The van der Waals surface area contributed by atoms with Gasteiger partial charge in [-0.1, -0.05) is 0 Å². The molecule has 0 aliphatic carbocycles. The highest BCUT2D eigenvalue weighted by molar-refractivity contribution is 7.98. The largest absolute Gasteiger partial charge is 0.468 e. The first-order chi connectivity index (χ1) is 9.61. The van der Waals surface area contributed by atoms with E-state index < -0.39 is 12.0 Å². The van der Waals surface area contributed by atoms with Crippen LogP contribution in [0.4, 0.5) is 0 Å². The molecule has 3 N–H and O–H groups in total. The first-order valence-electron chi connectivity index (χ1n) is 5.99. The molecule has 2 aromatic rings. The highest BCUT2D eigenvalue weighted by atomic mass is 32.2. The molecule has 6 nitrogen and oxygen atoms in total. The molecular formula is C12H15N3O3S2. The summed E-state index contributed by atoms with van der Waals surface area (Å²) in [6.07, 6.45) is 0.530. The van der Waals surface area contributed by atoms with Crippen LogP contribution in [0.3, 0.4) is 0 Å². The zero-order valence-corrected chi connectivity index (χ0v) is 12.6. The molecule has 8 heteroatoms. The summed E-state index contributed by atoms with van der Waals surface area (Å²) in [5, 5.41) is 1.85. The van der Waals surface area contributed by atoms with Gasteiger partial charge in [-0.2, -0.15) is 11.8 Å². The molecule has 0 amide bonds. The minimum Gasteiger partial charge on any atom is -0.468 e. The number of methoxy groups -OCH3 is 1. The average Bonchev–Trinajstić information content (AvgIpc) is 2.91. The maximum absolute atomic E-state index is 11.8. The van der Waals surface area contributed by atoms with Gasteiger partial charge in [-0.05, 0) is 23.6 Å². The van der Waals surface area contributed by atoms with E-state index in [9.17, 15) is 9.59 Å². The molecular weight excluding hydrogens is 298 g/mol. The number of hydrogen-bond acceptors (Lipinski definition) is 7. The van der Waals surface area contributed by atoms with Crippen molar-refractivity contribution in [3.8, 4) is 0 Å². The topological polar surface area (TPSA) is 98.1 Å². The molecule has 0 spiro atoms. The standard InChI is InChI=1S/C12H15N3O3S2/c1-18-12(17)7(13)2-4-19-6-9-14-8-3-5-20-10(8)11(16)15-9/h3,5,7H,2,4,6,13H2,1H3,(H,14,15,16). The van der Waals surface area contributed by atoms with Gasteiger partial charge in [0, 0.05) is 0 Å². The van der Waals surface area contributed by atoms with Gasteiger partial charge in [-0.25, -0.2) is 4.98 Å². The quantitative estimate of drug-likeness (QED) is 0.612. The van der Waals surface area contributed by atoms with E-state index >= 15 is 0 Å². The first kappa shape index (κ1) is 15.0. The van der Waals surface area contributed by atoms with Crippen molar-refractivity contribution in [2.45, 2.75) is 18.2 Å². The summed E-state index contributed by atoms with van der Waals surface area (Å²) in [5.74, 6) is 1.51. The van der Waals surface area contributed by atoms with Crippen LogP contribution in [0.15, 0.2) is 16.2 Å². The third-order valence-electron chi connectivity index (χ3n) is 2.68. The Morgan fingerprint density at radius 2 is 2.45 bits per heavy atom. The highest BCUT2D eigenvalue weighted by Crippen LogP contribution is 2.16. The lowest BCUT2D eigenvalue weighted by Gasteiger charge is -2.08. The zero-order valence-electron chi connectivity index (χ0n) is 10.9. The van der Waals surface area contributed by atoms with Crippen LogP contribution in [-0.2, 0) is 15.3 Å². The van der Waals surface area contributed by atoms with Gasteiger partial charge in [-0.3, -0.25) is 9.59 Å². The van der Waals surface area contributed by atoms with E-state index in [1.165, 1.54) is 18.4 Å². The SMILES string of the molecule is COC(=O)C(N)CCSCc1nc2ccsc2c(=O)[nH]1. The Hall–Kier alpha value is -1.38. The van der Waals surface area contributed by atoms with E-state index in [0.717, 1.165) is 5.52 Å². The van der Waals surface area contributed by atoms with Gasteiger partial charge in [0.25, 0.3) is 5.56 Å². The second-order valence-corrected chi connectivity index (χ2v) is 6.14. The molecule has 0 bridgehead atoms. The van der Waals surface area contributed by atoms with E-state index in [1.807, 2.05) is 11.4 Å². The average molecular weight is 313 g/mol. The lowest BCUT2D eigenvalue weighted by Crippen LogP contribution is -2.32. The molecule has 0 saturated carbocycles. The summed E-state index contributed by atoms with van der Waals surface area (Å²) in [6, 6.07) is 1.23. The number of H-pyrrole nitrogens is 1. The van der Waals surface area contributed by atoms with Crippen LogP contribution < -0.4 is 11.3 Å². The van der Waals surface area contributed by atoms with Crippen molar-refractivity contribution in [2.24, 2.45) is 5.73 Å². The summed E-state index contributed by atoms with van der Waals surface area (Å²) in [4.78, 5) is 30.0. The molecule has 2 heterocycles. The van der Waals surface area contributed by atoms with Crippen molar-refractivity contribution in [3.63, 3.8) is 0 Å². The fourth-order valence-electron chi connectivity index (χ4n) is 1.64. The smallest absolute Gasteiger partial charge is 0.322 e. The number of nitrogens with one attached hydrogen (secondary N) is 1. The lowest BCUT2D eigenvalue weighted by molar-refractivity contribution is -0.142. The molecule has 0 aliphatic heterocycles. The predicted molar refractivity (Wildman–Crippen MR) is 81.0 cm³/mol. The van der Waals surface area contributed by atoms with Gasteiger partial charge in [0.05, 0.1) is 18.4 Å². The molecule has 1 unspecified atom stereocenters. The molecule has 0 radical (unpaired) electrons. The minimum absolute atomic E-state index is 0.105. The molecule has 0 saturated heterocycles. The molecule has 2 aromatic heterocycles. The molecule has 108 valence electrons. The number of nitrogens with two attached hydrogens (primary N) is 1. The second-order valence-electron chi connectivity index (χ2n) is 4.12. The monoisotopic (exact) mass is 313 g/mol. The number of carbonyl (C=O) groups is 1. The van der Waals surface area contributed by atoms with Gasteiger partial charge >= 0.3 is 5.97 Å². The third kappa shape index (κ3) is 3.59. The third-order valence-corrected chi connectivity index (χ3v) is 4.58. The number of esters is 1. The lowest BCUT2D eigenvalue weighted by atomic mass is 10.2. The highest BCUT2D eigenvalue weighted by Gasteiger charge is 2.13. The summed E-state index contributed by atoms with van der Waals surface area (Å²) in [7, 11) is 1.32. The number of aromatic amines is 1. The van der Waals surface area contributed by atoms with Crippen molar-refractivity contribution in [3.05, 3.63) is 27.6 Å². The molecule has 0 aliphatic rings. The molecule has 1 atom stereocenters. The number of rotatable bonds is 6. The number of fused-ring (bicyclic) bond motifs is 1. The number of thiophene rings is 1. The van der Waals surface area contributed by atoms with E-state index in [0.29, 0.717) is 28.5 Å². The number of nitrogens with zero attached hydrogens (tertiary/aromatic N) is 1. The van der Waals surface area contributed by atoms with E-state index in [-0.39, 0.29) is 5.56 Å². The van der Waals surface area contributed by atoms with Gasteiger partial charge in [0.2, 0.25) is 0 Å². The molecule has 2 rings (SSSR count). The Kier molecular flexibility index (Phi) is 5.16. The fraction of sp³-hybridized carbons (Fsp3) is 0.417. The maximum atomic E-state index is 11.8. The number of carbonyl (C=O) groups excluding carboxylic acids is 1. The predicted octanol–water partition coefficient (Wildman–Crippen LogP) is 1.11. The fourth-order valence-corrected chi connectivity index (χ4v) is 3.26. The molecule has 0 fully saturated rings. The Balaban J connectivity index is 1.87. The number of aromatic nitrogens is 2. The first-order valence-corrected chi connectivity index (χ1v) is 8.03. The van der Waals surface area contributed by atoms with E-state index in [4.69, 9.17) is 5.73 Å². The van der Waals surface area contributed by atoms with Crippen LogP contribution in [0.1, 0.15) is 12.2 Å². The summed E-state index contributed by atoms with van der Waals surface area (Å²) < 4.78 is 5.20. The van der Waals surface area contributed by atoms with E-state index in [1.54, 1.807) is 11.8 Å². The van der Waals surface area contributed by atoms with Gasteiger partial charge in [-0.15, -0.1) is 11.3 Å². The van der Waals surface area contributed by atoms with Crippen molar-refractivity contribution < 1.29 is 9.53 Å². The van der Waals surface area contributed by atoms with Gasteiger partial charge < -0.3 is 15.5 Å². The van der Waals surface area contributed by atoms with Crippen molar-refractivity contribution in [1.29, 1.82) is 0 Å². The Bertz CT molecular complexity index is 653. The summed E-state index contributed by atoms with van der Waals surface area (Å²) in [6.45, 7) is 0. The zero-order chi connectivity index (χ0) is 14.5. The Labute approximate surface area is 123 Å². The number of thioether (sulfide) groups is 1. The maximum Gasteiger partial charge on any atom is 0.322 e. The van der Waals surface area contributed by atoms with Gasteiger partial charge in [0.15, 0.2) is 0 Å². The summed E-state index contributed by atoms with van der Waals surface area (Å²) >= 11 is 2.95. The normalized spacial score (nSPS) is 12.5. The Morgan fingerprint density at radius 1 is 1.65 bits per heavy atom. The Morgan fingerprint density at radius 3 is 3.20 bits per heavy atom. The number of hydrogen-bond donors (Lipinski definition) is 2. The van der Waals surface area contributed by atoms with Crippen LogP contribution in [0, 0.1) is 0 Å². The summed E-state index contributed by atoms with van der Waals surface area (Å²) in [5.41, 5.74) is 6.25. The van der Waals surface area contributed by atoms with Crippen LogP contribution in [-0.4, -0.2) is 34.8 Å². The van der Waals surface area contributed by atoms with Crippen molar-refractivity contribution in [1.82, 2.24) is 9.97 Å². The molecule has 20 heavy (non-hydrogen) atoms. The van der Waals surface area contributed by atoms with Crippen LogP contribution in [0.25, 0.3) is 10.2 Å². The van der Waals surface area contributed by atoms with Crippen molar-refractivity contribution >= 4 is 39.3 Å². The van der Waals surface area contributed by atoms with Gasteiger partial charge in [0.1, 0.15) is 16.6 Å². The van der Waals surface area contributed by atoms with Crippen LogP contribution in [0.2, 0.25) is 0 Å².